The lowest BCUT2D eigenvalue weighted by molar-refractivity contribution is 1.05. The van der Waals surface area contributed by atoms with Crippen molar-refractivity contribution < 1.29 is 0 Å². The van der Waals surface area contributed by atoms with Crippen molar-refractivity contribution in [3.8, 4) is 56.5 Å². The Morgan fingerprint density at radius 1 is 0.333 bits per heavy atom. The maximum absolute atomic E-state index is 5.26. The first-order chi connectivity index (χ1) is 31.2. The number of hydrogen-bond donors (Lipinski definition) is 0. The molecule has 7 heteroatoms. The molecule has 0 bridgehead atoms. The van der Waals surface area contributed by atoms with Crippen molar-refractivity contribution in [3.05, 3.63) is 206 Å². The smallest absolute Gasteiger partial charge is 0.162 e. The fraction of sp³-hybridized carbons (Fsp3) is 0. The minimum atomic E-state index is 0.688. The summed E-state index contributed by atoms with van der Waals surface area (Å²) in [4.78, 5) is 20.3. The molecule has 13 rings (SSSR count). The van der Waals surface area contributed by atoms with Crippen molar-refractivity contribution in [3.63, 3.8) is 0 Å². The normalized spacial score (nSPS) is 11.8. The Hall–Kier alpha value is -8.26. The summed E-state index contributed by atoms with van der Waals surface area (Å²) in [5, 5.41) is 4.72. The molecular formula is C56H34N6S. The predicted molar refractivity (Wildman–Crippen MR) is 261 cm³/mol. The molecule has 0 aliphatic rings. The summed E-state index contributed by atoms with van der Waals surface area (Å²) in [5.41, 5.74) is 13.8. The molecule has 0 atom stereocenters. The zero-order valence-electron chi connectivity index (χ0n) is 33.7. The summed E-state index contributed by atoms with van der Waals surface area (Å²) in [6.45, 7) is 0. The van der Waals surface area contributed by atoms with Gasteiger partial charge >= 0.3 is 0 Å². The van der Waals surface area contributed by atoms with Crippen LogP contribution in [0.15, 0.2) is 206 Å². The molecule has 13 aromatic rings. The number of benzene rings is 7. The van der Waals surface area contributed by atoms with Crippen LogP contribution in [0.5, 0.6) is 0 Å². The quantitative estimate of drug-likeness (QED) is 0.168. The molecule has 63 heavy (non-hydrogen) atoms. The lowest BCUT2D eigenvalue weighted by atomic mass is 9.97. The van der Waals surface area contributed by atoms with Gasteiger partial charge in [0.25, 0.3) is 0 Å². The Balaban J connectivity index is 0.942. The fourth-order valence-electron chi connectivity index (χ4n) is 9.28. The molecule has 0 saturated heterocycles. The average molecular weight is 823 g/mol. The molecule has 294 valence electrons. The minimum Gasteiger partial charge on any atom is -0.294 e. The minimum absolute atomic E-state index is 0.688. The van der Waals surface area contributed by atoms with Crippen molar-refractivity contribution in [1.29, 1.82) is 0 Å². The molecule has 6 heterocycles. The van der Waals surface area contributed by atoms with Gasteiger partial charge < -0.3 is 0 Å². The van der Waals surface area contributed by atoms with Crippen molar-refractivity contribution >= 4 is 75.4 Å². The lowest BCUT2D eigenvalue weighted by Gasteiger charge is -2.13. The van der Waals surface area contributed by atoms with Gasteiger partial charge in [0.15, 0.2) is 5.82 Å². The van der Waals surface area contributed by atoms with Crippen LogP contribution in [0.1, 0.15) is 0 Å². The third-order valence-electron chi connectivity index (χ3n) is 12.2. The van der Waals surface area contributed by atoms with Gasteiger partial charge in [0.2, 0.25) is 0 Å². The average Bonchev–Trinajstić information content (AvgIpc) is 4.01. The van der Waals surface area contributed by atoms with Gasteiger partial charge in [-0.1, -0.05) is 133 Å². The molecule has 6 nitrogen and oxygen atoms in total. The van der Waals surface area contributed by atoms with Gasteiger partial charge in [-0.25, -0.2) is 15.0 Å². The number of rotatable bonds is 6. The highest BCUT2D eigenvalue weighted by molar-refractivity contribution is 7.25. The van der Waals surface area contributed by atoms with E-state index in [1.165, 1.54) is 21.5 Å². The number of para-hydroxylation sites is 2. The van der Waals surface area contributed by atoms with Gasteiger partial charge in [0.1, 0.15) is 22.7 Å². The van der Waals surface area contributed by atoms with Crippen LogP contribution < -0.4 is 0 Å². The number of nitrogens with zero attached hydrogens (tertiary/aromatic N) is 6. The highest BCUT2D eigenvalue weighted by Gasteiger charge is 2.19. The largest absolute Gasteiger partial charge is 0.294 e. The third-order valence-corrected chi connectivity index (χ3v) is 13.3. The van der Waals surface area contributed by atoms with Gasteiger partial charge in [-0.05, 0) is 82.9 Å². The first-order valence-electron chi connectivity index (χ1n) is 21.0. The van der Waals surface area contributed by atoms with Crippen LogP contribution in [0, 0.1) is 0 Å². The summed E-state index contributed by atoms with van der Waals surface area (Å²) < 4.78 is 6.87. The van der Waals surface area contributed by atoms with Crippen molar-refractivity contribution in [1.82, 2.24) is 29.1 Å². The Morgan fingerprint density at radius 3 is 1.73 bits per heavy atom. The highest BCUT2D eigenvalue weighted by Crippen LogP contribution is 2.39. The molecule has 0 N–H and O–H groups in total. The molecule has 0 amide bonds. The van der Waals surface area contributed by atoms with Crippen molar-refractivity contribution in [2.75, 3.05) is 0 Å². The zero-order valence-corrected chi connectivity index (χ0v) is 34.5. The fourth-order valence-corrected chi connectivity index (χ4v) is 10.3. The van der Waals surface area contributed by atoms with E-state index in [0.717, 1.165) is 93.2 Å². The van der Waals surface area contributed by atoms with Crippen molar-refractivity contribution in [2.24, 2.45) is 0 Å². The molecule has 0 saturated carbocycles. The van der Waals surface area contributed by atoms with E-state index >= 15 is 0 Å². The number of aromatic nitrogens is 6. The Bertz CT molecular complexity index is 3860. The number of pyridine rings is 2. The number of hydrogen-bond acceptors (Lipinski definition) is 5. The van der Waals surface area contributed by atoms with Gasteiger partial charge in [0.05, 0.1) is 37.2 Å². The third kappa shape index (κ3) is 5.78. The summed E-state index contributed by atoms with van der Waals surface area (Å²) >= 11 is 1.73. The van der Waals surface area contributed by atoms with Crippen LogP contribution in [-0.2, 0) is 0 Å². The summed E-state index contributed by atoms with van der Waals surface area (Å²) in [6.07, 6.45) is 1.85. The SMILES string of the molecule is c1ccc(-c2cc(-n3c4ccccc4c4ccc(-c5cccc(-c6ccc7c(c6)c6ccccc6n7-c6ccc7sc8cccnc8c7n6)c5)cc43)nc(-c3ccccc3)n2)cc1. The Kier molecular flexibility index (Phi) is 7.98. The van der Waals surface area contributed by atoms with Crippen molar-refractivity contribution in [2.45, 2.75) is 0 Å². The van der Waals surface area contributed by atoms with E-state index in [1.807, 2.05) is 36.5 Å². The van der Waals surface area contributed by atoms with Gasteiger partial charge in [0, 0.05) is 44.9 Å². The zero-order chi connectivity index (χ0) is 41.4. The summed E-state index contributed by atoms with van der Waals surface area (Å²) in [6, 6.07) is 70.9. The Labute approximate surface area is 365 Å². The van der Waals surface area contributed by atoms with E-state index in [1.54, 1.807) is 11.3 Å². The molecule has 0 aliphatic carbocycles. The number of fused-ring (bicyclic) bond motifs is 9. The topological polar surface area (TPSA) is 61.4 Å². The van der Waals surface area contributed by atoms with E-state index in [-0.39, 0.29) is 0 Å². The number of thiophene rings is 1. The second-order valence-corrected chi connectivity index (χ2v) is 17.0. The first-order valence-corrected chi connectivity index (χ1v) is 21.9. The van der Waals surface area contributed by atoms with Crippen LogP contribution in [-0.4, -0.2) is 29.1 Å². The molecule has 7 aromatic carbocycles. The molecule has 0 aliphatic heterocycles. The predicted octanol–water partition coefficient (Wildman–Crippen LogP) is 14.5. The van der Waals surface area contributed by atoms with E-state index in [2.05, 4.69) is 179 Å². The monoisotopic (exact) mass is 822 g/mol. The molecule has 0 radical (unpaired) electrons. The van der Waals surface area contributed by atoms with E-state index in [0.29, 0.717) is 5.82 Å². The standard InChI is InChI=1S/C56H34N6S/c1-3-13-35(14-4-1)45-34-53(60-56(58-45)36-15-5-2-6-16-36)62-46-21-9-7-19-41(46)43-26-24-40(33-49(43)62)38-18-11-17-37(31-38)39-25-27-48-44(32-39)42-20-8-10-22-47(42)61(48)52-29-28-51-55(59-52)54-50(63-51)23-12-30-57-54/h1-34H. The maximum atomic E-state index is 5.26. The van der Waals surface area contributed by atoms with Crippen LogP contribution in [0.3, 0.4) is 0 Å². The van der Waals surface area contributed by atoms with Crippen LogP contribution in [0.4, 0.5) is 0 Å². The van der Waals surface area contributed by atoms with Crippen LogP contribution in [0.2, 0.25) is 0 Å². The van der Waals surface area contributed by atoms with E-state index in [9.17, 15) is 0 Å². The van der Waals surface area contributed by atoms with Crippen LogP contribution in [0.25, 0.3) is 121 Å². The molecule has 0 fully saturated rings. The Morgan fingerprint density at radius 2 is 0.937 bits per heavy atom. The summed E-state index contributed by atoms with van der Waals surface area (Å²) in [7, 11) is 0. The molecule has 6 aromatic heterocycles. The lowest BCUT2D eigenvalue weighted by Crippen LogP contribution is -2.02. The van der Waals surface area contributed by atoms with E-state index < -0.39 is 0 Å². The first kappa shape index (κ1) is 35.5. The molecule has 0 unspecified atom stereocenters. The second kappa shape index (κ2) is 14.2. The molecule has 0 spiro atoms. The van der Waals surface area contributed by atoms with Gasteiger partial charge in [-0.15, -0.1) is 11.3 Å². The molecular weight excluding hydrogens is 789 g/mol. The van der Waals surface area contributed by atoms with Crippen LogP contribution >= 0.6 is 11.3 Å². The highest BCUT2D eigenvalue weighted by atomic mass is 32.1. The van der Waals surface area contributed by atoms with Gasteiger partial charge in [-0.3, -0.25) is 14.1 Å². The summed E-state index contributed by atoms with van der Waals surface area (Å²) in [5.74, 6) is 2.39. The van der Waals surface area contributed by atoms with E-state index in [4.69, 9.17) is 19.9 Å². The van der Waals surface area contributed by atoms with Gasteiger partial charge in [-0.2, -0.15) is 0 Å². The maximum Gasteiger partial charge on any atom is 0.162 e. The second-order valence-electron chi connectivity index (χ2n) is 15.9.